The quantitative estimate of drug-likeness (QED) is 0.875. The minimum atomic E-state index is -0.122. The van der Waals surface area contributed by atoms with Crippen LogP contribution in [0.25, 0.3) is 0 Å². The third-order valence-corrected chi connectivity index (χ3v) is 2.99. The van der Waals surface area contributed by atoms with Crippen molar-refractivity contribution in [1.29, 1.82) is 0 Å². The van der Waals surface area contributed by atoms with Crippen LogP contribution in [0.4, 0.5) is 5.69 Å². The molecular formula is C12H18BrNO2. The first-order valence-corrected chi connectivity index (χ1v) is 6.00. The summed E-state index contributed by atoms with van der Waals surface area (Å²) in [5.41, 5.74) is 0.883. The number of hydrogen-bond donors (Lipinski definition) is 2. The van der Waals surface area contributed by atoms with Gasteiger partial charge in [-0.25, -0.2) is 0 Å². The molecule has 1 rings (SSSR count). The number of methoxy groups -OCH3 is 1. The van der Waals surface area contributed by atoms with Crippen molar-refractivity contribution in [3.05, 3.63) is 22.7 Å². The predicted octanol–water partition coefficient (Wildman–Crippen LogP) is 3.03. The van der Waals surface area contributed by atoms with E-state index in [-0.39, 0.29) is 12.1 Å². The molecule has 0 fully saturated rings. The number of nitrogens with one attached hydrogen (secondary N) is 1. The van der Waals surface area contributed by atoms with Crippen molar-refractivity contribution < 1.29 is 9.84 Å². The summed E-state index contributed by atoms with van der Waals surface area (Å²) >= 11 is 3.44. The van der Waals surface area contributed by atoms with E-state index < -0.39 is 0 Å². The van der Waals surface area contributed by atoms with E-state index in [0.29, 0.717) is 6.42 Å². The smallest absolute Gasteiger partial charge is 0.133 e. The molecule has 0 bridgehead atoms. The second-order valence-electron chi connectivity index (χ2n) is 4.33. The van der Waals surface area contributed by atoms with E-state index in [1.165, 1.54) is 0 Å². The third-order valence-electron chi connectivity index (χ3n) is 2.37. The van der Waals surface area contributed by atoms with Gasteiger partial charge in [0, 0.05) is 17.8 Å². The van der Waals surface area contributed by atoms with Gasteiger partial charge in [-0.05, 0) is 54.4 Å². The average Bonchev–Trinajstić information content (AvgIpc) is 2.17. The van der Waals surface area contributed by atoms with Gasteiger partial charge in [-0.2, -0.15) is 0 Å². The SMILES string of the molecule is COc1ccc(NC(C)(C)CCO)cc1Br. The molecule has 2 N–H and O–H groups in total. The molecule has 0 atom stereocenters. The Bertz CT molecular complexity index is 353. The summed E-state index contributed by atoms with van der Waals surface area (Å²) in [4.78, 5) is 0. The molecule has 0 heterocycles. The van der Waals surface area contributed by atoms with Crippen LogP contribution in [-0.2, 0) is 0 Å². The maximum atomic E-state index is 8.95. The van der Waals surface area contributed by atoms with E-state index in [1.54, 1.807) is 7.11 Å². The summed E-state index contributed by atoms with van der Waals surface area (Å²) in [6.07, 6.45) is 0.705. The Morgan fingerprint density at radius 3 is 2.62 bits per heavy atom. The van der Waals surface area contributed by atoms with Crippen LogP contribution in [0.3, 0.4) is 0 Å². The van der Waals surface area contributed by atoms with Crippen molar-refractivity contribution in [2.45, 2.75) is 25.8 Å². The second kappa shape index (κ2) is 5.55. The molecule has 0 saturated carbocycles. The van der Waals surface area contributed by atoms with E-state index in [2.05, 4.69) is 35.1 Å². The van der Waals surface area contributed by atoms with E-state index in [1.807, 2.05) is 18.2 Å². The molecule has 4 heteroatoms. The summed E-state index contributed by atoms with van der Waals surface area (Å²) in [5.74, 6) is 0.811. The molecule has 0 spiro atoms. The third kappa shape index (κ3) is 3.68. The van der Waals surface area contributed by atoms with Crippen LogP contribution in [0, 0.1) is 0 Å². The van der Waals surface area contributed by atoms with E-state index >= 15 is 0 Å². The normalized spacial score (nSPS) is 11.3. The Labute approximate surface area is 105 Å². The van der Waals surface area contributed by atoms with Gasteiger partial charge in [0.05, 0.1) is 11.6 Å². The van der Waals surface area contributed by atoms with Gasteiger partial charge in [0.15, 0.2) is 0 Å². The van der Waals surface area contributed by atoms with Crippen molar-refractivity contribution >= 4 is 21.6 Å². The van der Waals surface area contributed by atoms with Crippen LogP contribution < -0.4 is 10.1 Å². The first-order chi connectivity index (χ1) is 7.48. The lowest BCUT2D eigenvalue weighted by molar-refractivity contribution is 0.261. The maximum Gasteiger partial charge on any atom is 0.133 e. The molecule has 0 radical (unpaired) electrons. The number of halogens is 1. The largest absolute Gasteiger partial charge is 0.496 e. The zero-order valence-corrected chi connectivity index (χ0v) is 11.5. The number of hydrogen-bond acceptors (Lipinski definition) is 3. The molecular weight excluding hydrogens is 270 g/mol. The molecule has 0 aliphatic carbocycles. The van der Waals surface area contributed by atoms with Gasteiger partial charge in [-0.1, -0.05) is 0 Å². The zero-order valence-electron chi connectivity index (χ0n) is 9.88. The highest BCUT2D eigenvalue weighted by molar-refractivity contribution is 9.10. The Morgan fingerprint density at radius 1 is 1.44 bits per heavy atom. The van der Waals surface area contributed by atoms with Crippen LogP contribution in [-0.4, -0.2) is 24.4 Å². The molecule has 0 unspecified atom stereocenters. The fourth-order valence-electron chi connectivity index (χ4n) is 1.48. The average molecular weight is 288 g/mol. The summed E-state index contributed by atoms with van der Waals surface area (Å²) in [6.45, 7) is 4.29. The molecule has 0 aliphatic heterocycles. The predicted molar refractivity (Wildman–Crippen MR) is 70.1 cm³/mol. The summed E-state index contributed by atoms with van der Waals surface area (Å²) in [6, 6.07) is 5.84. The molecule has 1 aromatic rings. The molecule has 90 valence electrons. The van der Waals surface area contributed by atoms with Crippen LogP contribution in [0.15, 0.2) is 22.7 Å². The number of aliphatic hydroxyl groups excluding tert-OH is 1. The van der Waals surface area contributed by atoms with Crippen LogP contribution in [0.2, 0.25) is 0 Å². The van der Waals surface area contributed by atoms with Gasteiger partial charge in [0.2, 0.25) is 0 Å². The second-order valence-corrected chi connectivity index (χ2v) is 5.19. The zero-order chi connectivity index (χ0) is 12.2. The Morgan fingerprint density at radius 2 is 2.12 bits per heavy atom. The van der Waals surface area contributed by atoms with Crippen LogP contribution in [0.5, 0.6) is 5.75 Å². The lowest BCUT2D eigenvalue weighted by atomic mass is 10.0. The summed E-state index contributed by atoms with van der Waals surface area (Å²) in [7, 11) is 1.64. The van der Waals surface area contributed by atoms with Crippen LogP contribution in [0.1, 0.15) is 20.3 Å². The lowest BCUT2D eigenvalue weighted by Gasteiger charge is -2.27. The Hall–Kier alpha value is -0.740. The first kappa shape index (κ1) is 13.3. The summed E-state index contributed by atoms with van der Waals surface area (Å²) in [5, 5.41) is 12.3. The highest BCUT2D eigenvalue weighted by Gasteiger charge is 2.16. The van der Waals surface area contributed by atoms with E-state index in [9.17, 15) is 0 Å². The minimum Gasteiger partial charge on any atom is -0.496 e. The number of ether oxygens (including phenoxy) is 1. The number of rotatable bonds is 5. The maximum absolute atomic E-state index is 8.95. The van der Waals surface area contributed by atoms with Crippen molar-refractivity contribution in [1.82, 2.24) is 0 Å². The van der Waals surface area contributed by atoms with Gasteiger partial charge in [-0.3, -0.25) is 0 Å². The van der Waals surface area contributed by atoms with E-state index in [4.69, 9.17) is 9.84 Å². The number of benzene rings is 1. The summed E-state index contributed by atoms with van der Waals surface area (Å²) < 4.78 is 6.08. The molecule has 16 heavy (non-hydrogen) atoms. The van der Waals surface area contributed by atoms with Crippen molar-refractivity contribution in [3.8, 4) is 5.75 Å². The molecule has 0 aromatic heterocycles. The fourth-order valence-corrected chi connectivity index (χ4v) is 2.02. The van der Waals surface area contributed by atoms with Crippen molar-refractivity contribution in [2.24, 2.45) is 0 Å². The Kier molecular flexibility index (Phi) is 4.62. The molecule has 1 aromatic carbocycles. The van der Waals surface area contributed by atoms with Gasteiger partial charge in [-0.15, -0.1) is 0 Å². The van der Waals surface area contributed by atoms with Crippen molar-refractivity contribution in [3.63, 3.8) is 0 Å². The fraction of sp³-hybridized carbons (Fsp3) is 0.500. The van der Waals surface area contributed by atoms with Gasteiger partial charge in [0.25, 0.3) is 0 Å². The molecule has 0 aliphatic rings. The van der Waals surface area contributed by atoms with Crippen molar-refractivity contribution in [2.75, 3.05) is 19.0 Å². The number of anilines is 1. The van der Waals surface area contributed by atoms with E-state index in [0.717, 1.165) is 15.9 Å². The van der Waals surface area contributed by atoms with Gasteiger partial charge >= 0.3 is 0 Å². The molecule has 0 amide bonds. The topological polar surface area (TPSA) is 41.5 Å². The lowest BCUT2D eigenvalue weighted by Crippen LogP contribution is -2.31. The van der Waals surface area contributed by atoms with Gasteiger partial charge < -0.3 is 15.2 Å². The standard InChI is InChI=1S/C12H18BrNO2/c1-12(2,6-7-15)14-9-4-5-11(16-3)10(13)8-9/h4-5,8,14-15H,6-7H2,1-3H3. The highest BCUT2D eigenvalue weighted by Crippen LogP contribution is 2.29. The number of aliphatic hydroxyl groups is 1. The van der Waals surface area contributed by atoms with Gasteiger partial charge in [0.1, 0.15) is 5.75 Å². The molecule has 3 nitrogen and oxygen atoms in total. The highest BCUT2D eigenvalue weighted by atomic mass is 79.9. The van der Waals surface area contributed by atoms with Crippen LogP contribution >= 0.6 is 15.9 Å². The Balaban J connectivity index is 2.78. The first-order valence-electron chi connectivity index (χ1n) is 5.21. The minimum absolute atomic E-state index is 0.122. The molecule has 0 saturated heterocycles. The monoisotopic (exact) mass is 287 g/mol.